The Balaban J connectivity index is -0.0000000105. The fourth-order valence-electron chi connectivity index (χ4n) is 0. The lowest BCUT2D eigenvalue weighted by Crippen LogP contribution is -1.49. The molecular formula is C2H11NO4. The Labute approximate surface area is 41.5 Å². The Morgan fingerprint density at radius 1 is 1.43 bits per heavy atom. The normalized spacial score (nSPS) is 2.57. The van der Waals surface area contributed by atoms with Crippen molar-refractivity contribution in [2.45, 2.75) is 0 Å². The average Bonchev–Trinajstić information content (AvgIpc) is 1.46. The van der Waals surface area contributed by atoms with Crippen LogP contribution in [0.3, 0.4) is 0 Å². The molecule has 0 spiro atoms. The molecule has 0 bridgehead atoms. The molecule has 0 aromatic carbocycles. The van der Waals surface area contributed by atoms with Crippen LogP contribution < -0.4 is 6.15 Å². The molecule has 7 N–H and O–H groups in total. The summed E-state index contributed by atoms with van der Waals surface area (Å²) in [6.45, 7) is -0.250. The molecule has 0 saturated carbocycles. The van der Waals surface area contributed by atoms with Gasteiger partial charge in [0.2, 0.25) is 0 Å². The maximum atomic E-state index is 8.36. The van der Waals surface area contributed by atoms with Gasteiger partial charge < -0.3 is 21.8 Å². The highest BCUT2D eigenvalue weighted by Gasteiger charge is 1.22. The van der Waals surface area contributed by atoms with Gasteiger partial charge in [0.15, 0.2) is 0 Å². The number of hydrogen-bond acceptors (Lipinski definition) is 3. The zero-order valence-electron chi connectivity index (χ0n) is 4.09. The van der Waals surface area contributed by atoms with Gasteiger partial charge in [0, 0.05) is 7.11 Å². The predicted octanol–water partition coefficient (Wildman–Crippen LogP) is -1.35. The first-order valence-corrected chi connectivity index (χ1v) is 0.941. The second-order valence-electron chi connectivity index (χ2n) is 0.105. The van der Waals surface area contributed by atoms with E-state index >= 15 is 0 Å². The van der Waals surface area contributed by atoms with Gasteiger partial charge in [-0.25, -0.2) is 0 Å². The van der Waals surface area contributed by atoms with E-state index in [1.807, 2.05) is 0 Å². The highest BCUT2D eigenvalue weighted by molar-refractivity contribution is 5.32. The largest absolute Gasteiger partial charge is 0.483 e. The predicted molar refractivity (Wildman–Crippen MR) is 25.5 cm³/mol. The van der Waals surface area contributed by atoms with Crippen LogP contribution in [0.5, 0.6) is 0 Å². The Morgan fingerprint density at radius 3 is 1.43 bits per heavy atom. The van der Waals surface area contributed by atoms with Crippen LogP contribution in [0.1, 0.15) is 0 Å². The van der Waals surface area contributed by atoms with Crippen molar-refractivity contribution in [3.8, 4) is 0 Å². The fraction of sp³-hybridized carbons (Fsp3) is 0.500. The summed E-state index contributed by atoms with van der Waals surface area (Å²) in [5.41, 5.74) is 0. The van der Waals surface area contributed by atoms with Gasteiger partial charge in [0.1, 0.15) is 0 Å². The molecule has 0 aromatic heterocycles. The summed E-state index contributed by atoms with van der Waals surface area (Å²) >= 11 is 0. The molecule has 5 nitrogen and oxygen atoms in total. The Bertz CT molecular complexity index is 17.2. The molecule has 0 aliphatic carbocycles. The molecule has 0 rings (SSSR count). The van der Waals surface area contributed by atoms with E-state index in [2.05, 4.69) is 0 Å². The molecule has 0 amide bonds. The lowest BCUT2D eigenvalue weighted by atomic mass is 11.7. The summed E-state index contributed by atoms with van der Waals surface area (Å²) in [6.07, 6.45) is 0. The summed E-state index contributed by atoms with van der Waals surface area (Å²) in [4.78, 5) is 8.36. The van der Waals surface area contributed by atoms with Crippen molar-refractivity contribution >= 4 is 6.47 Å². The SMILES string of the molecule is CO.N.O.O=CO. The molecule has 0 atom stereocenters. The second kappa shape index (κ2) is 826. The highest BCUT2D eigenvalue weighted by Crippen LogP contribution is 0.966. The Morgan fingerprint density at radius 2 is 1.43 bits per heavy atom. The van der Waals surface area contributed by atoms with Crippen molar-refractivity contribution in [3.63, 3.8) is 0 Å². The van der Waals surface area contributed by atoms with Crippen LogP contribution in [0.15, 0.2) is 0 Å². The minimum atomic E-state index is -0.250. The molecule has 7 heavy (non-hydrogen) atoms. The van der Waals surface area contributed by atoms with Crippen LogP contribution in [0, 0.1) is 0 Å². The number of carboxylic acid groups (broad SMARTS) is 1. The third-order valence-electron chi connectivity index (χ3n) is 0. The van der Waals surface area contributed by atoms with Crippen LogP contribution in [0.4, 0.5) is 0 Å². The smallest absolute Gasteiger partial charge is 0.290 e. The summed E-state index contributed by atoms with van der Waals surface area (Å²) < 4.78 is 0. The van der Waals surface area contributed by atoms with E-state index in [9.17, 15) is 0 Å². The fourth-order valence-corrected chi connectivity index (χ4v) is 0. The minimum absolute atomic E-state index is 0. The molecule has 0 aromatic rings. The quantitative estimate of drug-likeness (QED) is 0.336. The van der Waals surface area contributed by atoms with Crippen LogP contribution in [-0.4, -0.2) is 29.3 Å². The summed E-state index contributed by atoms with van der Waals surface area (Å²) in [6, 6.07) is 0. The van der Waals surface area contributed by atoms with Crippen LogP contribution in [0.25, 0.3) is 0 Å². The van der Waals surface area contributed by atoms with Crippen molar-refractivity contribution in [3.05, 3.63) is 0 Å². The molecule has 0 radical (unpaired) electrons. The zero-order chi connectivity index (χ0) is 4.71. The van der Waals surface area contributed by atoms with E-state index in [1.54, 1.807) is 0 Å². The third kappa shape index (κ3) is 142. The molecular weight excluding hydrogens is 102 g/mol. The molecule has 0 aliphatic rings. The molecule has 0 aliphatic heterocycles. The molecule has 0 fully saturated rings. The standard InChI is InChI=1S/CH2O2.CH4O.H3N.H2O/c2-1-3;1-2;;/h1H,(H,2,3);2H,1H3;1H3;1H2. The maximum absolute atomic E-state index is 8.36. The third-order valence-corrected chi connectivity index (χ3v) is 0. The van der Waals surface area contributed by atoms with E-state index in [1.165, 1.54) is 0 Å². The number of hydrogen-bond donors (Lipinski definition) is 3. The number of aliphatic hydroxyl groups excluding tert-OH is 1. The van der Waals surface area contributed by atoms with Crippen molar-refractivity contribution in [2.75, 3.05) is 7.11 Å². The first kappa shape index (κ1) is 32.9. The first-order chi connectivity index (χ1) is 2.41. The second-order valence-corrected chi connectivity index (χ2v) is 0.105. The van der Waals surface area contributed by atoms with Crippen molar-refractivity contribution in [1.29, 1.82) is 0 Å². The van der Waals surface area contributed by atoms with Gasteiger partial charge in [0.25, 0.3) is 6.47 Å². The van der Waals surface area contributed by atoms with Gasteiger partial charge in [-0.3, -0.25) is 4.79 Å². The maximum Gasteiger partial charge on any atom is 0.290 e. The van der Waals surface area contributed by atoms with Crippen molar-refractivity contribution in [2.24, 2.45) is 0 Å². The van der Waals surface area contributed by atoms with E-state index < -0.39 is 0 Å². The van der Waals surface area contributed by atoms with Crippen LogP contribution in [-0.2, 0) is 4.79 Å². The first-order valence-electron chi connectivity index (χ1n) is 0.941. The average molecular weight is 113 g/mol. The number of rotatable bonds is 0. The summed E-state index contributed by atoms with van der Waals surface area (Å²) in [5, 5.41) is 13.9. The van der Waals surface area contributed by atoms with Gasteiger partial charge >= 0.3 is 0 Å². The van der Waals surface area contributed by atoms with E-state index in [-0.39, 0.29) is 18.1 Å². The highest BCUT2D eigenvalue weighted by atomic mass is 16.3. The molecule has 48 valence electrons. The Hall–Kier alpha value is -0.650. The van der Waals surface area contributed by atoms with E-state index in [0.29, 0.717) is 0 Å². The Kier molecular flexibility index (Phi) is 3890. The van der Waals surface area contributed by atoms with Crippen molar-refractivity contribution < 1.29 is 20.5 Å². The molecule has 0 saturated heterocycles. The topological polar surface area (TPSA) is 124 Å². The van der Waals surface area contributed by atoms with Gasteiger partial charge in [0.05, 0.1) is 0 Å². The van der Waals surface area contributed by atoms with Crippen LogP contribution in [0.2, 0.25) is 0 Å². The number of aliphatic hydroxyl groups is 1. The zero-order valence-corrected chi connectivity index (χ0v) is 4.09. The lowest BCUT2D eigenvalue weighted by molar-refractivity contribution is -0.122. The minimum Gasteiger partial charge on any atom is -0.483 e. The molecule has 5 heteroatoms. The van der Waals surface area contributed by atoms with Gasteiger partial charge in [-0.05, 0) is 0 Å². The van der Waals surface area contributed by atoms with Gasteiger partial charge in [-0.1, -0.05) is 0 Å². The van der Waals surface area contributed by atoms with Gasteiger partial charge in [-0.2, -0.15) is 0 Å². The van der Waals surface area contributed by atoms with Gasteiger partial charge in [-0.15, -0.1) is 0 Å². The molecule has 0 heterocycles. The number of carbonyl (C=O) groups is 1. The molecule has 0 unspecified atom stereocenters. The summed E-state index contributed by atoms with van der Waals surface area (Å²) in [5.74, 6) is 0. The van der Waals surface area contributed by atoms with Crippen LogP contribution >= 0.6 is 0 Å². The van der Waals surface area contributed by atoms with Crippen molar-refractivity contribution in [1.82, 2.24) is 6.15 Å². The van der Waals surface area contributed by atoms with E-state index in [4.69, 9.17) is 15.0 Å². The summed E-state index contributed by atoms with van der Waals surface area (Å²) in [7, 11) is 1.00. The van der Waals surface area contributed by atoms with E-state index in [0.717, 1.165) is 7.11 Å². The lowest BCUT2D eigenvalue weighted by Gasteiger charge is -1.34. The monoisotopic (exact) mass is 113 g/mol.